The Morgan fingerprint density at radius 1 is 0.528 bits per heavy atom. The van der Waals surface area contributed by atoms with E-state index in [0.717, 1.165) is 74.0 Å². The van der Waals surface area contributed by atoms with Gasteiger partial charge in [-0.05, 0) is 86.8 Å². The van der Waals surface area contributed by atoms with Crippen LogP contribution in [0.3, 0.4) is 0 Å². The van der Waals surface area contributed by atoms with Gasteiger partial charge < -0.3 is 18.9 Å². The number of unbranched alkanes of at least 4 members (excludes halogenated alkanes) is 6. The summed E-state index contributed by atoms with van der Waals surface area (Å²) in [5.74, 6) is 0.989. The summed E-state index contributed by atoms with van der Waals surface area (Å²) in [5, 5.41) is 0. The third-order valence-corrected chi connectivity index (χ3v) is 5.48. The van der Waals surface area contributed by atoms with Crippen LogP contribution in [0.2, 0.25) is 0 Å². The van der Waals surface area contributed by atoms with Crippen molar-refractivity contribution >= 4 is 11.9 Å². The minimum absolute atomic E-state index is 0.364. The smallest absolute Gasteiger partial charge is 0.330 e. The van der Waals surface area contributed by atoms with Crippen LogP contribution < -0.4 is 9.47 Å². The molecule has 0 saturated carbocycles. The summed E-state index contributed by atoms with van der Waals surface area (Å²) in [6.07, 6.45) is 10.1. The van der Waals surface area contributed by atoms with Crippen molar-refractivity contribution in [2.24, 2.45) is 0 Å². The highest BCUT2D eigenvalue weighted by Crippen LogP contribution is 2.25. The van der Waals surface area contributed by atoms with Crippen molar-refractivity contribution in [2.45, 2.75) is 51.4 Å². The zero-order chi connectivity index (χ0) is 25.8. The lowest BCUT2D eigenvalue weighted by atomic mass is 10.1. The van der Waals surface area contributed by atoms with E-state index in [1.165, 1.54) is 12.2 Å². The van der Waals surface area contributed by atoms with Gasteiger partial charge in [0.15, 0.2) is 0 Å². The fourth-order valence-corrected chi connectivity index (χ4v) is 3.45. The Hall–Kier alpha value is -3.54. The summed E-state index contributed by atoms with van der Waals surface area (Å²) in [6.45, 7) is 8.97. The Balaban J connectivity index is 1.57. The average Bonchev–Trinajstić information content (AvgIpc) is 2.92. The van der Waals surface area contributed by atoms with Crippen LogP contribution in [0.15, 0.2) is 73.8 Å². The molecular weight excluding hydrogens is 456 g/mol. The van der Waals surface area contributed by atoms with Gasteiger partial charge in [0.1, 0.15) is 11.5 Å². The van der Waals surface area contributed by atoms with Crippen LogP contribution in [-0.2, 0) is 19.1 Å². The highest BCUT2D eigenvalue weighted by atomic mass is 16.5. The van der Waals surface area contributed by atoms with Crippen molar-refractivity contribution in [3.63, 3.8) is 0 Å². The second-order valence-corrected chi connectivity index (χ2v) is 8.32. The van der Waals surface area contributed by atoms with Crippen LogP contribution in [0.1, 0.15) is 51.4 Å². The van der Waals surface area contributed by atoms with Crippen LogP contribution in [-0.4, -0.2) is 38.4 Å². The van der Waals surface area contributed by atoms with E-state index < -0.39 is 0 Å². The molecule has 0 N–H and O–H groups in total. The molecule has 0 spiro atoms. The van der Waals surface area contributed by atoms with E-state index in [1.54, 1.807) is 0 Å². The van der Waals surface area contributed by atoms with Gasteiger partial charge in [-0.15, -0.1) is 0 Å². The summed E-state index contributed by atoms with van der Waals surface area (Å²) in [4.78, 5) is 21.9. The molecule has 0 fully saturated rings. The first-order valence-corrected chi connectivity index (χ1v) is 12.7. The molecule has 0 aliphatic carbocycles. The molecule has 2 aromatic carbocycles. The molecule has 0 atom stereocenters. The molecule has 0 aliphatic rings. The van der Waals surface area contributed by atoms with E-state index in [1.807, 2.05) is 24.3 Å². The number of carbonyl (C=O) groups is 2. The first kappa shape index (κ1) is 28.7. The van der Waals surface area contributed by atoms with Crippen LogP contribution in [0.25, 0.3) is 11.1 Å². The topological polar surface area (TPSA) is 71.1 Å². The first-order valence-electron chi connectivity index (χ1n) is 12.7. The Morgan fingerprint density at radius 3 is 1.19 bits per heavy atom. The Kier molecular flexibility index (Phi) is 14.2. The maximum Gasteiger partial charge on any atom is 0.330 e. The van der Waals surface area contributed by atoms with Crippen molar-refractivity contribution < 1.29 is 28.5 Å². The van der Waals surface area contributed by atoms with Crippen LogP contribution in [0.4, 0.5) is 0 Å². The minimum atomic E-state index is -0.364. The number of benzene rings is 2. The lowest BCUT2D eigenvalue weighted by Gasteiger charge is -2.09. The van der Waals surface area contributed by atoms with E-state index in [2.05, 4.69) is 37.4 Å². The number of hydrogen-bond donors (Lipinski definition) is 0. The van der Waals surface area contributed by atoms with Gasteiger partial charge in [-0.1, -0.05) is 37.4 Å². The van der Waals surface area contributed by atoms with Gasteiger partial charge >= 0.3 is 11.9 Å². The zero-order valence-corrected chi connectivity index (χ0v) is 21.1. The molecule has 0 aromatic heterocycles. The third-order valence-electron chi connectivity index (χ3n) is 5.48. The molecule has 2 rings (SSSR count). The SMILES string of the molecule is C=CC(=O)OCCCCCCOc1ccc(-c2ccc(OCCCCCCOC(=O)C=C)cc2)cc1. The van der Waals surface area contributed by atoms with Gasteiger partial charge in [0.05, 0.1) is 26.4 Å². The van der Waals surface area contributed by atoms with E-state index in [0.29, 0.717) is 26.4 Å². The second kappa shape index (κ2) is 17.8. The minimum Gasteiger partial charge on any atom is -0.494 e. The predicted molar refractivity (Wildman–Crippen MR) is 142 cm³/mol. The molecule has 0 amide bonds. The fourth-order valence-electron chi connectivity index (χ4n) is 3.45. The number of rotatable bonds is 19. The van der Waals surface area contributed by atoms with Crippen molar-refractivity contribution in [1.82, 2.24) is 0 Å². The molecule has 0 heterocycles. The maximum atomic E-state index is 11.0. The van der Waals surface area contributed by atoms with E-state index in [9.17, 15) is 9.59 Å². The molecule has 2 aromatic rings. The Bertz CT molecular complexity index is 840. The molecule has 0 aliphatic heterocycles. The van der Waals surface area contributed by atoms with Crippen molar-refractivity contribution in [3.8, 4) is 22.6 Å². The number of carbonyl (C=O) groups excluding carboxylic acids is 2. The Labute approximate surface area is 214 Å². The first-order chi connectivity index (χ1) is 17.6. The molecule has 6 nitrogen and oxygen atoms in total. The van der Waals surface area contributed by atoms with Crippen LogP contribution in [0.5, 0.6) is 11.5 Å². The monoisotopic (exact) mass is 494 g/mol. The van der Waals surface area contributed by atoms with Crippen LogP contribution in [0, 0.1) is 0 Å². The highest BCUT2D eigenvalue weighted by Gasteiger charge is 2.02. The summed E-state index contributed by atoms with van der Waals surface area (Å²) >= 11 is 0. The summed E-state index contributed by atoms with van der Waals surface area (Å²) in [6, 6.07) is 16.2. The molecule has 0 radical (unpaired) electrons. The van der Waals surface area contributed by atoms with Crippen LogP contribution >= 0.6 is 0 Å². The average molecular weight is 495 g/mol. The summed E-state index contributed by atoms with van der Waals surface area (Å²) in [7, 11) is 0. The second-order valence-electron chi connectivity index (χ2n) is 8.32. The standard InChI is InChI=1S/C30H38O6/c1-3-29(31)35-23-11-7-5-9-21-33-27-17-13-25(14-18-27)26-15-19-28(20-16-26)34-22-10-6-8-12-24-36-30(32)4-2/h3-4,13-20H,1-2,5-12,21-24H2. The molecule has 0 bridgehead atoms. The number of hydrogen-bond acceptors (Lipinski definition) is 6. The van der Waals surface area contributed by atoms with Gasteiger partial charge in [0.2, 0.25) is 0 Å². The zero-order valence-electron chi connectivity index (χ0n) is 21.1. The number of ether oxygens (including phenoxy) is 4. The Morgan fingerprint density at radius 2 is 0.861 bits per heavy atom. The summed E-state index contributed by atoms with van der Waals surface area (Å²) in [5.41, 5.74) is 2.25. The van der Waals surface area contributed by atoms with Gasteiger partial charge in [-0.3, -0.25) is 0 Å². The molecule has 0 saturated heterocycles. The molecule has 194 valence electrons. The van der Waals surface area contributed by atoms with Gasteiger partial charge in [0, 0.05) is 12.2 Å². The maximum absolute atomic E-state index is 11.0. The highest BCUT2D eigenvalue weighted by molar-refractivity contribution is 5.81. The van der Waals surface area contributed by atoms with Gasteiger partial charge in [-0.25, -0.2) is 9.59 Å². The number of esters is 2. The van der Waals surface area contributed by atoms with E-state index in [-0.39, 0.29) is 11.9 Å². The van der Waals surface area contributed by atoms with Gasteiger partial charge in [-0.2, -0.15) is 0 Å². The summed E-state index contributed by atoms with van der Waals surface area (Å²) < 4.78 is 21.6. The van der Waals surface area contributed by atoms with Crippen molar-refractivity contribution in [2.75, 3.05) is 26.4 Å². The predicted octanol–water partition coefficient (Wildman–Crippen LogP) is 6.69. The van der Waals surface area contributed by atoms with E-state index >= 15 is 0 Å². The van der Waals surface area contributed by atoms with Crippen molar-refractivity contribution in [1.29, 1.82) is 0 Å². The molecular formula is C30H38O6. The largest absolute Gasteiger partial charge is 0.494 e. The fraction of sp³-hybridized carbons (Fsp3) is 0.400. The molecule has 36 heavy (non-hydrogen) atoms. The van der Waals surface area contributed by atoms with Gasteiger partial charge in [0.25, 0.3) is 0 Å². The molecule has 6 heteroatoms. The quantitative estimate of drug-likeness (QED) is 0.123. The third kappa shape index (κ3) is 12.2. The normalized spacial score (nSPS) is 10.3. The van der Waals surface area contributed by atoms with Crippen molar-refractivity contribution in [3.05, 3.63) is 73.8 Å². The lowest BCUT2D eigenvalue weighted by Crippen LogP contribution is -2.02. The molecule has 0 unspecified atom stereocenters. The van der Waals surface area contributed by atoms with E-state index in [4.69, 9.17) is 18.9 Å². The lowest BCUT2D eigenvalue weighted by molar-refractivity contribution is -0.138.